The lowest BCUT2D eigenvalue weighted by atomic mass is 10.3. The van der Waals surface area contributed by atoms with E-state index in [4.69, 9.17) is 15.9 Å². The molecule has 0 unspecified atom stereocenters. The first kappa shape index (κ1) is 9.19. The summed E-state index contributed by atoms with van der Waals surface area (Å²) in [4.78, 5) is 10.0. The largest absolute Gasteiger partial charge is 0.368 e. The highest BCUT2D eigenvalue weighted by Crippen LogP contribution is 1.90. The summed E-state index contributed by atoms with van der Waals surface area (Å²) < 4.78 is 0. The minimum absolute atomic E-state index is 0.250. The Kier molecular flexibility index (Phi) is 4.61. The van der Waals surface area contributed by atoms with Crippen molar-refractivity contribution in [3.8, 4) is 0 Å². The molecule has 5 N–H and O–H groups in total. The standard InChI is InChI=1S/C5H12N2O3/c6-5(10)7-3-1-2-4(8)9/h4,8-9H,1-3H2,(H3,6,7,10). The van der Waals surface area contributed by atoms with Crippen molar-refractivity contribution in [2.45, 2.75) is 19.1 Å². The highest BCUT2D eigenvalue weighted by molar-refractivity contribution is 5.71. The molecule has 0 saturated heterocycles. The Morgan fingerprint density at radius 1 is 1.60 bits per heavy atom. The average Bonchev–Trinajstić information content (AvgIpc) is 1.79. The molecule has 0 saturated carbocycles. The molecule has 0 aliphatic carbocycles. The molecule has 5 nitrogen and oxygen atoms in total. The first-order chi connectivity index (χ1) is 4.63. The third kappa shape index (κ3) is 7.19. The number of carbonyl (C=O) groups is 1. The van der Waals surface area contributed by atoms with Crippen molar-refractivity contribution in [3.05, 3.63) is 0 Å². The molecule has 0 atom stereocenters. The quantitative estimate of drug-likeness (QED) is 0.296. The molecule has 0 aromatic rings. The van der Waals surface area contributed by atoms with Gasteiger partial charge in [-0.2, -0.15) is 0 Å². The van der Waals surface area contributed by atoms with E-state index in [1.807, 2.05) is 0 Å². The van der Waals surface area contributed by atoms with Gasteiger partial charge in [-0.05, 0) is 12.8 Å². The van der Waals surface area contributed by atoms with E-state index in [0.717, 1.165) is 0 Å². The lowest BCUT2D eigenvalue weighted by molar-refractivity contribution is -0.0460. The smallest absolute Gasteiger partial charge is 0.312 e. The minimum Gasteiger partial charge on any atom is -0.368 e. The maximum Gasteiger partial charge on any atom is 0.312 e. The number of aliphatic hydroxyl groups excluding tert-OH is 1. The fraction of sp³-hybridized carbons (Fsp3) is 0.800. The predicted molar refractivity (Wildman–Crippen MR) is 35.0 cm³/mol. The summed E-state index contributed by atoms with van der Waals surface area (Å²) >= 11 is 0. The molecule has 0 aliphatic rings. The number of rotatable bonds is 4. The average molecular weight is 148 g/mol. The van der Waals surface area contributed by atoms with Crippen molar-refractivity contribution in [2.75, 3.05) is 6.54 Å². The van der Waals surface area contributed by atoms with Crippen LogP contribution < -0.4 is 11.1 Å². The summed E-state index contributed by atoms with van der Waals surface area (Å²) in [5.74, 6) is 0. The van der Waals surface area contributed by atoms with Crippen LogP contribution >= 0.6 is 0 Å². The fourth-order valence-electron chi connectivity index (χ4n) is 0.496. The van der Waals surface area contributed by atoms with Gasteiger partial charge < -0.3 is 21.3 Å². The van der Waals surface area contributed by atoms with Gasteiger partial charge >= 0.3 is 6.03 Å². The fourth-order valence-corrected chi connectivity index (χ4v) is 0.496. The van der Waals surface area contributed by atoms with Crippen LogP contribution in [0.5, 0.6) is 0 Å². The Morgan fingerprint density at radius 3 is 2.60 bits per heavy atom. The van der Waals surface area contributed by atoms with Gasteiger partial charge in [0.05, 0.1) is 0 Å². The first-order valence-electron chi connectivity index (χ1n) is 3.02. The van der Waals surface area contributed by atoms with Crippen LogP contribution in [0.25, 0.3) is 0 Å². The van der Waals surface area contributed by atoms with Crippen LogP contribution in [0.1, 0.15) is 12.8 Å². The SMILES string of the molecule is NC(=O)NCCCC(O)O. The highest BCUT2D eigenvalue weighted by Gasteiger charge is 1.96. The number of urea groups is 1. The van der Waals surface area contributed by atoms with E-state index < -0.39 is 12.3 Å². The summed E-state index contributed by atoms with van der Waals surface area (Å²) in [5, 5.41) is 19.0. The molecule has 0 radical (unpaired) electrons. The number of aliphatic hydroxyl groups is 2. The van der Waals surface area contributed by atoms with Gasteiger partial charge in [0.1, 0.15) is 0 Å². The van der Waals surface area contributed by atoms with Crippen molar-refractivity contribution >= 4 is 6.03 Å². The van der Waals surface area contributed by atoms with E-state index in [1.165, 1.54) is 0 Å². The van der Waals surface area contributed by atoms with Crippen LogP contribution in [0.2, 0.25) is 0 Å². The highest BCUT2D eigenvalue weighted by atomic mass is 16.5. The molecule has 5 heteroatoms. The maximum absolute atomic E-state index is 10.0. The van der Waals surface area contributed by atoms with Crippen LogP contribution in [0.4, 0.5) is 4.79 Å². The minimum atomic E-state index is -1.30. The van der Waals surface area contributed by atoms with Gasteiger partial charge in [-0.1, -0.05) is 0 Å². The van der Waals surface area contributed by atoms with Crippen molar-refractivity contribution < 1.29 is 15.0 Å². The summed E-state index contributed by atoms with van der Waals surface area (Å²) in [7, 11) is 0. The van der Waals surface area contributed by atoms with Crippen LogP contribution in [-0.2, 0) is 0 Å². The summed E-state index contributed by atoms with van der Waals surface area (Å²) in [6.07, 6.45) is -0.532. The van der Waals surface area contributed by atoms with E-state index in [-0.39, 0.29) is 6.42 Å². The van der Waals surface area contributed by atoms with Crippen molar-refractivity contribution in [1.82, 2.24) is 5.32 Å². The van der Waals surface area contributed by atoms with Gasteiger partial charge in [-0.15, -0.1) is 0 Å². The van der Waals surface area contributed by atoms with E-state index >= 15 is 0 Å². The second-order valence-corrected chi connectivity index (χ2v) is 1.91. The van der Waals surface area contributed by atoms with E-state index in [2.05, 4.69) is 5.32 Å². The zero-order valence-corrected chi connectivity index (χ0v) is 5.58. The Labute approximate surface area is 58.8 Å². The van der Waals surface area contributed by atoms with Crippen LogP contribution in [0.3, 0.4) is 0 Å². The molecule has 0 heterocycles. The molecule has 60 valence electrons. The number of hydrogen-bond donors (Lipinski definition) is 4. The Hall–Kier alpha value is -0.810. The molecule has 0 spiro atoms. The van der Waals surface area contributed by atoms with Crippen LogP contribution in [0, 0.1) is 0 Å². The lowest BCUT2D eigenvalue weighted by Gasteiger charge is -2.02. The summed E-state index contributed by atoms with van der Waals surface area (Å²) in [6.45, 7) is 0.382. The van der Waals surface area contributed by atoms with Gasteiger partial charge in [0, 0.05) is 6.54 Å². The zero-order chi connectivity index (χ0) is 7.98. The van der Waals surface area contributed by atoms with Crippen molar-refractivity contribution in [1.29, 1.82) is 0 Å². The van der Waals surface area contributed by atoms with Gasteiger partial charge in [0.2, 0.25) is 0 Å². The maximum atomic E-state index is 10.0. The number of amides is 2. The first-order valence-corrected chi connectivity index (χ1v) is 3.02. The third-order valence-electron chi connectivity index (χ3n) is 0.938. The molecule has 0 rings (SSSR count). The van der Waals surface area contributed by atoms with Gasteiger partial charge in [-0.3, -0.25) is 0 Å². The van der Waals surface area contributed by atoms with E-state index in [1.54, 1.807) is 0 Å². The number of carbonyl (C=O) groups excluding carboxylic acids is 1. The second-order valence-electron chi connectivity index (χ2n) is 1.91. The number of primary amides is 1. The molecule has 0 aromatic carbocycles. The van der Waals surface area contributed by atoms with E-state index in [0.29, 0.717) is 13.0 Å². The Balaban J connectivity index is 2.98. The normalized spacial score (nSPS) is 9.90. The molecule has 0 bridgehead atoms. The van der Waals surface area contributed by atoms with Crippen LogP contribution in [0.15, 0.2) is 0 Å². The predicted octanol–water partition coefficient (Wildman–Crippen LogP) is -1.25. The third-order valence-corrected chi connectivity index (χ3v) is 0.938. The van der Waals surface area contributed by atoms with Gasteiger partial charge in [0.15, 0.2) is 6.29 Å². The topological polar surface area (TPSA) is 95.6 Å². The number of nitrogens with one attached hydrogen (secondary N) is 1. The Bertz CT molecular complexity index is 105. The molecule has 0 aromatic heterocycles. The van der Waals surface area contributed by atoms with Gasteiger partial charge in [-0.25, -0.2) is 4.79 Å². The molecule has 2 amide bonds. The Morgan fingerprint density at radius 2 is 2.20 bits per heavy atom. The van der Waals surface area contributed by atoms with Crippen molar-refractivity contribution in [3.63, 3.8) is 0 Å². The number of nitrogens with two attached hydrogens (primary N) is 1. The number of hydrogen-bond acceptors (Lipinski definition) is 3. The molecule has 10 heavy (non-hydrogen) atoms. The molecule has 0 aliphatic heterocycles. The summed E-state index contributed by atoms with van der Waals surface area (Å²) in [5.41, 5.74) is 4.73. The van der Waals surface area contributed by atoms with Crippen molar-refractivity contribution in [2.24, 2.45) is 5.73 Å². The van der Waals surface area contributed by atoms with E-state index in [9.17, 15) is 4.79 Å². The monoisotopic (exact) mass is 148 g/mol. The van der Waals surface area contributed by atoms with Gasteiger partial charge in [0.25, 0.3) is 0 Å². The van der Waals surface area contributed by atoms with Crippen LogP contribution in [-0.4, -0.2) is 29.1 Å². The molecular weight excluding hydrogens is 136 g/mol. The second kappa shape index (κ2) is 5.01. The molecular formula is C5H12N2O3. The summed E-state index contributed by atoms with van der Waals surface area (Å²) in [6, 6.07) is -0.590. The zero-order valence-electron chi connectivity index (χ0n) is 5.58. The molecule has 0 fully saturated rings. The lowest BCUT2D eigenvalue weighted by Crippen LogP contribution is -2.30.